The van der Waals surface area contributed by atoms with E-state index in [4.69, 9.17) is 16.3 Å². The molecule has 0 saturated carbocycles. The van der Waals surface area contributed by atoms with Gasteiger partial charge in [-0.2, -0.15) is 0 Å². The quantitative estimate of drug-likeness (QED) is 0.803. The number of hydrogen-bond acceptors (Lipinski definition) is 2. The fourth-order valence-electron chi connectivity index (χ4n) is 1.70. The van der Waals surface area contributed by atoms with Crippen molar-refractivity contribution in [1.29, 1.82) is 0 Å². The summed E-state index contributed by atoms with van der Waals surface area (Å²) in [5.74, 6) is 0.580. The number of carbonyl (C=O) groups is 1. The molecule has 0 fully saturated rings. The van der Waals surface area contributed by atoms with Crippen molar-refractivity contribution in [3.8, 4) is 5.75 Å². The summed E-state index contributed by atoms with van der Waals surface area (Å²) in [6.07, 6.45) is 0. The predicted octanol–water partition coefficient (Wildman–Crippen LogP) is 4.22. The molecule has 3 nitrogen and oxygen atoms in total. The maximum atomic E-state index is 11.9. The number of carbonyl (C=O) groups excluding carboxylic acids is 1. The van der Waals surface area contributed by atoms with Crippen LogP contribution in [0.25, 0.3) is 0 Å². The third-order valence-corrected chi connectivity index (χ3v) is 3.84. The Labute approximate surface area is 137 Å². The van der Waals surface area contributed by atoms with Gasteiger partial charge < -0.3 is 10.1 Å². The van der Waals surface area contributed by atoms with Crippen molar-refractivity contribution >= 4 is 33.4 Å². The van der Waals surface area contributed by atoms with Gasteiger partial charge in [0, 0.05) is 15.1 Å². The average molecular weight is 369 g/mol. The van der Waals surface area contributed by atoms with Crippen molar-refractivity contribution in [2.75, 3.05) is 13.2 Å². The first-order valence-corrected chi connectivity index (χ1v) is 7.66. The average Bonchev–Trinajstić information content (AvgIpc) is 2.47. The molecule has 0 bridgehead atoms. The molecule has 0 saturated heterocycles. The van der Waals surface area contributed by atoms with E-state index in [0.29, 0.717) is 29.5 Å². The Bertz CT molecular complexity index is 629. The largest absolute Gasteiger partial charge is 0.492 e. The first-order chi connectivity index (χ1) is 10.1. The van der Waals surface area contributed by atoms with E-state index in [1.165, 1.54) is 0 Å². The van der Waals surface area contributed by atoms with Gasteiger partial charge >= 0.3 is 0 Å². The molecule has 0 spiro atoms. The summed E-state index contributed by atoms with van der Waals surface area (Å²) in [5.41, 5.74) is 1.63. The Kier molecular flexibility index (Phi) is 5.65. The molecule has 0 aliphatic rings. The fourth-order valence-corrected chi connectivity index (χ4v) is 2.14. The van der Waals surface area contributed by atoms with Crippen LogP contribution in [0.4, 0.5) is 0 Å². The van der Waals surface area contributed by atoms with Crippen LogP contribution in [0.2, 0.25) is 5.02 Å². The lowest BCUT2D eigenvalue weighted by molar-refractivity contribution is 0.0947. The van der Waals surface area contributed by atoms with Crippen molar-refractivity contribution in [3.05, 3.63) is 63.1 Å². The Morgan fingerprint density at radius 1 is 1.24 bits per heavy atom. The lowest BCUT2D eigenvalue weighted by atomic mass is 10.2. The fraction of sp³-hybridized carbons (Fsp3) is 0.188. The summed E-state index contributed by atoms with van der Waals surface area (Å²) >= 11 is 9.35. The van der Waals surface area contributed by atoms with Crippen molar-refractivity contribution in [2.45, 2.75) is 6.92 Å². The first-order valence-electron chi connectivity index (χ1n) is 6.49. The van der Waals surface area contributed by atoms with Gasteiger partial charge in [-0.05, 0) is 48.9 Å². The van der Waals surface area contributed by atoms with Gasteiger partial charge in [0.25, 0.3) is 5.91 Å². The number of amides is 1. The molecule has 110 valence electrons. The van der Waals surface area contributed by atoms with Crippen molar-refractivity contribution in [1.82, 2.24) is 5.32 Å². The predicted molar refractivity (Wildman–Crippen MR) is 88.2 cm³/mol. The van der Waals surface area contributed by atoms with E-state index in [1.54, 1.807) is 18.2 Å². The molecule has 2 aromatic carbocycles. The number of benzene rings is 2. The zero-order valence-electron chi connectivity index (χ0n) is 11.5. The molecule has 2 rings (SSSR count). The van der Waals surface area contributed by atoms with Gasteiger partial charge in [-0.1, -0.05) is 33.6 Å². The molecule has 0 unspecified atom stereocenters. The third kappa shape index (κ3) is 4.76. The smallest absolute Gasteiger partial charge is 0.251 e. The lowest BCUT2D eigenvalue weighted by Crippen LogP contribution is -2.28. The van der Waals surface area contributed by atoms with Gasteiger partial charge in [0.05, 0.1) is 6.54 Å². The first kappa shape index (κ1) is 15.9. The Balaban J connectivity index is 1.77. The van der Waals surface area contributed by atoms with Crippen LogP contribution in [0, 0.1) is 6.92 Å². The molecular formula is C16H15BrClNO2. The van der Waals surface area contributed by atoms with E-state index < -0.39 is 0 Å². The molecule has 0 aromatic heterocycles. The molecule has 2 aromatic rings. The van der Waals surface area contributed by atoms with Gasteiger partial charge in [0.1, 0.15) is 12.4 Å². The van der Waals surface area contributed by atoms with Crippen LogP contribution in [-0.2, 0) is 0 Å². The molecule has 0 aliphatic heterocycles. The molecule has 1 N–H and O–H groups in total. The van der Waals surface area contributed by atoms with E-state index in [1.807, 2.05) is 31.2 Å². The zero-order chi connectivity index (χ0) is 15.2. The summed E-state index contributed by atoms with van der Waals surface area (Å²) in [6.45, 7) is 2.76. The highest BCUT2D eigenvalue weighted by Gasteiger charge is 2.04. The molecule has 0 radical (unpaired) electrons. The monoisotopic (exact) mass is 367 g/mol. The van der Waals surface area contributed by atoms with Crippen LogP contribution in [-0.4, -0.2) is 19.1 Å². The van der Waals surface area contributed by atoms with E-state index in [9.17, 15) is 4.79 Å². The molecule has 1 amide bonds. The highest BCUT2D eigenvalue weighted by molar-refractivity contribution is 9.10. The van der Waals surface area contributed by atoms with Crippen molar-refractivity contribution in [3.63, 3.8) is 0 Å². The Morgan fingerprint density at radius 3 is 2.62 bits per heavy atom. The van der Waals surface area contributed by atoms with Gasteiger partial charge in [0.2, 0.25) is 0 Å². The van der Waals surface area contributed by atoms with Crippen LogP contribution in [0.3, 0.4) is 0 Å². The number of rotatable bonds is 5. The van der Waals surface area contributed by atoms with Crippen LogP contribution in [0.1, 0.15) is 15.9 Å². The molecule has 21 heavy (non-hydrogen) atoms. The van der Waals surface area contributed by atoms with Gasteiger partial charge in [-0.15, -0.1) is 0 Å². The maximum absolute atomic E-state index is 11.9. The molecule has 5 heteroatoms. The summed E-state index contributed by atoms with van der Waals surface area (Å²) < 4.78 is 6.48. The van der Waals surface area contributed by atoms with Crippen molar-refractivity contribution < 1.29 is 9.53 Å². The standard InChI is InChI=1S/C16H15BrClNO2/c1-11-2-7-14(10-15(11)18)21-9-8-19-16(20)12-3-5-13(17)6-4-12/h2-7,10H,8-9H2,1H3,(H,19,20). The Hall–Kier alpha value is -1.52. The maximum Gasteiger partial charge on any atom is 0.251 e. The second kappa shape index (κ2) is 7.48. The highest BCUT2D eigenvalue weighted by atomic mass is 79.9. The topological polar surface area (TPSA) is 38.3 Å². The van der Waals surface area contributed by atoms with Crippen molar-refractivity contribution in [2.24, 2.45) is 0 Å². The summed E-state index contributed by atoms with van der Waals surface area (Å²) in [7, 11) is 0. The minimum atomic E-state index is -0.118. The van der Waals surface area contributed by atoms with Crippen LogP contribution >= 0.6 is 27.5 Å². The zero-order valence-corrected chi connectivity index (χ0v) is 13.9. The normalized spacial score (nSPS) is 10.2. The van der Waals surface area contributed by atoms with Gasteiger partial charge in [-0.25, -0.2) is 0 Å². The minimum Gasteiger partial charge on any atom is -0.492 e. The second-order valence-corrected chi connectivity index (χ2v) is 5.85. The Morgan fingerprint density at radius 2 is 1.95 bits per heavy atom. The molecular weight excluding hydrogens is 354 g/mol. The van der Waals surface area contributed by atoms with E-state index in [-0.39, 0.29) is 5.91 Å². The second-order valence-electron chi connectivity index (χ2n) is 4.52. The third-order valence-electron chi connectivity index (χ3n) is 2.91. The molecule has 0 aliphatic carbocycles. The number of nitrogens with one attached hydrogen (secondary N) is 1. The van der Waals surface area contributed by atoms with Gasteiger partial charge in [-0.3, -0.25) is 4.79 Å². The number of ether oxygens (including phenoxy) is 1. The molecule has 0 heterocycles. The van der Waals surface area contributed by atoms with E-state index in [2.05, 4.69) is 21.2 Å². The van der Waals surface area contributed by atoms with Crippen LogP contribution in [0.5, 0.6) is 5.75 Å². The summed E-state index contributed by atoms with van der Waals surface area (Å²) in [4.78, 5) is 11.9. The lowest BCUT2D eigenvalue weighted by Gasteiger charge is -2.09. The SMILES string of the molecule is Cc1ccc(OCCNC(=O)c2ccc(Br)cc2)cc1Cl. The summed E-state index contributed by atoms with van der Waals surface area (Å²) in [6, 6.07) is 12.7. The van der Waals surface area contributed by atoms with E-state index in [0.717, 1.165) is 10.0 Å². The summed E-state index contributed by atoms with van der Waals surface area (Å²) in [5, 5.41) is 3.48. The number of hydrogen-bond donors (Lipinski definition) is 1. The molecule has 0 atom stereocenters. The van der Waals surface area contributed by atoms with E-state index >= 15 is 0 Å². The van der Waals surface area contributed by atoms with Crippen LogP contribution < -0.4 is 10.1 Å². The number of aryl methyl sites for hydroxylation is 1. The van der Waals surface area contributed by atoms with Gasteiger partial charge in [0.15, 0.2) is 0 Å². The highest BCUT2D eigenvalue weighted by Crippen LogP contribution is 2.21. The number of halogens is 2. The minimum absolute atomic E-state index is 0.118. The van der Waals surface area contributed by atoms with Crippen LogP contribution in [0.15, 0.2) is 46.9 Å².